The maximum atomic E-state index is 5.82. The molecule has 19 heavy (non-hydrogen) atoms. The summed E-state index contributed by atoms with van der Waals surface area (Å²) in [4.78, 5) is 0. The molecule has 0 spiro atoms. The molecule has 0 fully saturated rings. The third-order valence-corrected chi connectivity index (χ3v) is 3.28. The molecule has 1 aromatic rings. The predicted octanol–water partition coefficient (Wildman–Crippen LogP) is 5.15. The van der Waals surface area contributed by atoms with Gasteiger partial charge < -0.3 is 9.47 Å². The lowest BCUT2D eigenvalue weighted by molar-refractivity contribution is 0.298. The summed E-state index contributed by atoms with van der Waals surface area (Å²) in [6, 6.07) is 4.09. The summed E-state index contributed by atoms with van der Waals surface area (Å²) >= 11 is 3.57. The van der Waals surface area contributed by atoms with Crippen LogP contribution in [0.1, 0.15) is 38.7 Å². The Balaban J connectivity index is 2.94. The third kappa shape index (κ3) is 5.27. The number of allylic oxidation sites excluding steroid dienone is 1. The van der Waals surface area contributed by atoms with E-state index < -0.39 is 0 Å². The van der Waals surface area contributed by atoms with E-state index in [4.69, 9.17) is 9.47 Å². The van der Waals surface area contributed by atoms with Gasteiger partial charge in [0.2, 0.25) is 0 Å². The lowest BCUT2D eigenvalue weighted by Crippen LogP contribution is -2.02. The van der Waals surface area contributed by atoms with Gasteiger partial charge >= 0.3 is 0 Å². The standard InChI is InChI=1S/C16H23BrO2/c1-4-7-8-13-11-14(17)16(19-10-6-3)12-15(13)18-9-5-2/h4,11-12H,1,5-10H2,2-3H3. The maximum absolute atomic E-state index is 5.82. The van der Waals surface area contributed by atoms with Gasteiger partial charge in [0.05, 0.1) is 17.7 Å². The van der Waals surface area contributed by atoms with Crippen LogP contribution in [0, 0.1) is 0 Å². The van der Waals surface area contributed by atoms with Crippen molar-refractivity contribution in [1.29, 1.82) is 0 Å². The smallest absolute Gasteiger partial charge is 0.137 e. The fraction of sp³-hybridized carbons (Fsp3) is 0.500. The first-order valence-electron chi connectivity index (χ1n) is 6.91. The van der Waals surface area contributed by atoms with Crippen molar-refractivity contribution in [3.05, 3.63) is 34.8 Å². The molecule has 0 bridgehead atoms. The monoisotopic (exact) mass is 326 g/mol. The minimum absolute atomic E-state index is 0.720. The fourth-order valence-corrected chi connectivity index (χ4v) is 2.20. The van der Waals surface area contributed by atoms with E-state index in [-0.39, 0.29) is 0 Å². The van der Waals surface area contributed by atoms with Crippen molar-refractivity contribution in [3.8, 4) is 11.5 Å². The summed E-state index contributed by atoms with van der Waals surface area (Å²) in [7, 11) is 0. The minimum atomic E-state index is 0.720. The van der Waals surface area contributed by atoms with E-state index in [9.17, 15) is 0 Å². The second-order valence-corrected chi connectivity index (χ2v) is 5.27. The van der Waals surface area contributed by atoms with Gasteiger partial charge in [-0.1, -0.05) is 19.9 Å². The molecule has 0 aliphatic heterocycles. The summed E-state index contributed by atoms with van der Waals surface area (Å²) in [6.07, 6.45) is 5.82. The number of halogens is 1. The van der Waals surface area contributed by atoms with Gasteiger partial charge in [-0.2, -0.15) is 0 Å². The van der Waals surface area contributed by atoms with Gasteiger partial charge in [0.1, 0.15) is 11.5 Å². The van der Waals surface area contributed by atoms with Crippen LogP contribution in [-0.2, 0) is 6.42 Å². The SMILES string of the molecule is C=CCCc1cc(Br)c(OCCC)cc1OCCC. The zero-order valence-electron chi connectivity index (χ0n) is 11.9. The van der Waals surface area contributed by atoms with Gasteiger partial charge in [-0.25, -0.2) is 0 Å². The Morgan fingerprint density at radius 3 is 2.32 bits per heavy atom. The van der Waals surface area contributed by atoms with Gasteiger partial charge in [0.25, 0.3) is 0 Å². The molecule has 0 atom stereocenters. The maximum Gasteiger partial charge on any atom is 0.137 e. The molecule has 0 aliphatic carbocycles. The lowest BCUT2D eigenvalue weighted by atomic mass is 10.1. The molecule has 0 saturated heterocycles. The molecule has 106 valence electrons. The predicted molar refractivity (Wildman–Crippen MR) is 84.2 cm³/mol. The Kier molecular flexibility index (Phi) is 7.65. The summed E-state index contributed by atoms with van der Waals surface area (Å²) in [5.74, 6) is 1.79. The first-order chi connectivity index (χ1) is 9.22. The van der Waals surface area contributed by atoms with Crippen LogP contribution < -0.4 is 9.47 Å². The molecule has 0 saturated carbocycles. The van der Waals surface area contributed by atoms with E-state index in [2.05, 4.69) is 42.4 Å². The number of rotatable bonds is 9. The second kappa shape index (κ2) is 9.03. The van der Waals surface area contributed by atoms with Crippen LogP contribution in [0.2, 0.25) is 0 Å². The second-order valence-electron chi connectivity index (χ2n) is 4.41. The van der Waals surface area contributed by atoms with E-state index >= 15 is 0 Å². The molecule has 0 amide bonds. The van der Waals surface area contributed by atoms with Gasteiger partial charge in [-0.05, 0) is 53.2 Å². The van der Waals surface area contributed by atoms with E-state index in [1.807, 2.05) is 12.1 Å². The Bertz CT molecular complexity index is 402. The first kappa shape index (κ1) is 16.1. The molecular weight excluding hydrogens is 304 g/mol. The van der Waals surface area contributed by atoms with Gasteiger partial charge in [0.15, 0.2) is 0 Å². The number of aryl methyl sites for hydroxylation is 1. The summed E-state index contributed by atoms with van der Waals surface area (Å²) < 4.78 is 12.5. The molecule has 0 radical (unpaired) electrons. The summed E-state index contributed by atoms with van der Waals surface area (Å²) in [6.45, 7) is 9.43. The van der Waals surface area contributed by atoms with E-state index in [1.54, 1.807) is 0 Å². The van der Waals surface area contributed by atoms with Crippen molar-refractivity contribution in [2.45, 2.75) is 39.5 Å². The zero-order chi connectivity index (χ0) is 14.1. The summed E-state index contributed by atoms with van der Waals surface area (Å²) in [5, 5.41) is 0. The van der Waals surface area contributed by atoms with Gasteiger partial charge in [-0.15, -0.1) is 6.58 Å². The van der Waals surface area contributed by atoms with Crippen LogP contribution in [0.15, 0.2) is 29.3 Å². The largest absolute Gasteiger partial charge is 0.493 e. The van der Waals surface area contributed by atoms with Crippen LogP contribution in [0.3, 0.4) is 0 Å². The molecular formula is C16H23BrO2. The summed E-state index contributed by atoms with van der Waals surface area (Å²) in [5.41, 5.74) is 1.20. The molecule has 0 heterocycles. The van der Waals surface area contributed by atoms with Crippen LogP contribution in [-0.4, -0.2) is 13.2 Å². The van der Waals surface area contributed by atoms with Crippen molar-refractivity contribution < 1.29 is 9.47 Å². The molecule has 0 unspecified atom stereocenters. The molecule has 0 N–H and O–H groups in total. The molecule has 1 rings (SSSR count). The molecule has 0 aliphatic rings. The Morgan fingerprint density at radius 2 is 1.74 bits per heavy atom. The third-order valence-electron chi connectivity index (χ3n) is 2.66. The first-order valence-corrected chi connectivity index (χ1v) is 7.71. The quantitative estimate of drug-likeness (QED) is 0.584. The molecule has 1 aromatic carbocycles. The van der Waals surface area contributed by atoms with Crippen molar-refractivity contribution in [2.75, 3.05) is 13.2 Å². The highest BCUT2D eigenvalue weighted by Crippen LogP contribution is 2.34. The topological polar surface area (TPSA) is 18.5 Å². The number of hydrogen-bond acceptors (Lipinski definition) is 2. The van der Waals surface area contributed by atoms with Crippen molar-refractivity contribution in [1.82, 2.24) is 0 Å². The van der Waals surface area contributed by atoms with Crippen molar-refractivity contribution in [2.24, 2.45) is 0 Å². The average molecular weight is 327 g/mol. The normalized spacial score (nSPS) is 10.3. The minimum Gasteiger partial charge on any atom is -0.493 e. The van der Waals surface area contributed by atoms with E-state index in [0.29, 0.717) is 0 Å². The highest BCUT2D eigenvalue weighted by molar-refractivity contribution is 9.10. The van der Waals surface area contributed by atoms with Crippen molar-refractivity contribution >= 4 is 15.9 Å². The number of hydrogen-bond donors (Lipinski definition) is 0. The Labute approximate surface area is 124 Å². The molecule has 2 nitrogen and oxygen atoms in total. The van der Waals surface area contributed by atoms with Crippen LogP contribution in [0.5, 0.6) is 11.5 Å². The van der Waals surface area contributed by atoms with Crippen LogP contribution in [0.4, 0.5) is 0 Å². The van der Waals surface area contributed by atoms with Crippen molar-refractivity contribution in [3.63, 3.8) is 0 Å². The Morgan fingerprint density at radius 1 is 1.11 bits per heavy atom. The molecule has 0 aromatic heterocycles. The number of benzene rings is 1. The fourth-order valence-electron chi connectivity index (χ4n) is 1.70. The van der Waals surface area contributed by atoms with Crippen LogP contribution >= 0.6 is 15.9 Å². The van der Waals surface area contributed by atoms with Gasteiger partial charge in [-0.3, -0.25) is 0 Å². The number of ether oxygens (including phenoxy) is 2. The van der Waals surface area contributed by atoms with Crippen LogP contribution in [0.25, 0.3) is 0 Å². The molecule has 3 heteroatoms. The Hall–Kier alpha value is -0.960. The van der Waals surface area contributed by atoms with E-state index in [0.717, 1.165) is 54.9 Å². The average Bonchev–Trinajstić information content (AvgIpc) is 2.42. The zero-order valence-corrected chi connectivity index (χ0v) is 13.5. The lowest BCUT2D eigenvalue weighted by Gasteiger charge is -2.15. The van der Waals surface area contributed by atoms with Gasteiger partial charge in [0, 0.05) is 6.07 Å². The highest BCUT2D eigenvalue weighted by Gasteiger charge is 2.10. The van der Waals surface area contributed by atoms with E-state index in [1.165, 1.54) is 5.56 Å². The highest BCUT2D eigenvalue weighted by atomic mass is 79.9.